The van der Waals surface area contributed by atoms with Crippen molar-refractivity contribution < 1.29 is 4.79 Å². The molecule has 134 valence electrons. The van der Waals surface area contributed by atoms with Gasteiger partial charge in [0.15, 0.2) is 11.0 Å². The van der Waals surface area contributed by atoms with Crippen molar-refractivity contribution in [2.75, 3.05) is 5.32 Å². The fourth-order valence-corrected chi connectivity index (χ4v) is 3.54. The minimum atomic E-state index is -0.307. The summed E-state index contributed by atoms with van der Waals surface area (Å²) in [6, 6.07) is 11.3. The van der Waals surface area contributed by atoms with E-state index in [-0.39, 0.29) is 11.2 Å². The maximum atomic E-state index is 12.5. The number of hydrogen-bond donors (Lipinski definition) is 1. The number of thioether (sulfide) groups is 1. The monoisotopic (exact) mass is 431 g/mol. The fourth-order valence-electron chi connectivity index (χ4n) is 2.36. The highest BCUT2D eigenvalue weighted by molar-refractivity contribution is 9.10. The summed E-state index contributed by atoms with van der Waals surface area (Å²) < 4.78 is 2.97. The molecule has 0 spiro atoms. The lowest BCUT2D eigenvalue weighted by Gasteiger charge is -2.13. The van der Waals surface area contributed by atoms with Crippen molar-refractivity contribution in [3.63, 3.8) is 0 Å². The number of nitrogens with zero attached hydrogens (tertiary/aromatic N) is 4. The molecule has 1 N–H and O–H groups in total. The topological polar surface area (TPSA) is 72.7 Å². The van der Waals surface area contributed by atoms with Crippen LogP contribution < -0.4 is 5.32 Å². The Bertz CT molecular complexity index is 882. The molecule has 1 unspecified atom stereocenters. The molecule has 2 aromatic heterocycles. The predicted molar refractivity (Wildman–Crippen MR) is 107 cm³/mol. The summed E-state index contributed by atoms with van der Waals surface area (Å²) in [6.07, 6.45) is 3.45. The average Bonchev–Trinajstić information content (AvgIpc) is 3.06. The SMILES string of the molecule is CCn1c(SC(C)C(=O)Nc2ccc(Br)cc2)nnc1-c1ccncc1. The van der Waals surface area contributed by atoms with Crippen LogP contribution >= 0.6 is 27.7 Å². The summed E-state index contributed by atoms with van der Waals surface area (Å²) in [5.74, 6) is 0.700. The van der Waals surface area contributed by atoms with E-state index in [1.807, 2.05) is 54.8 Å². The van der Waals surface area contributed by atoms with Crippen LogP contribution in [0.5, 0.6) is 0 Å². The minimum absolute atomic E-state index is 0.0755. The number of halogens is 1. The third-order valence-corrected chi connectivity index (χ3v) is 5.34. The Morgan fingerprint density at radius 1 is 1.19 bits per heavy atom. The summed E-state index contributed by atoms with van der Waals surface area (Å²) in [4.78, 5) is 16.5. The lowest BCUT2D eigenvalue weighted by Crippen LogP contribution is -2.22. The third-order valence-electron chi connectivity index (χ3n) is 3.73. The second-order valence-electron chi connectivity index (χ2n) is 5.54. The Balaban J connectivity index is 1.73. The molecule has 0 saturated carbocycles. The number of nitrogens with one attached hydrogen (secondary N) is 1. The number of hydrogen-bond acceptors (Lipinski definition) is 5. The largest absolute Gasteiger partial charge is 0.325 e. The number of anilines is 1. The van der Waals surface area contributed by atoms with Crippen LogP contribution in [0.1, 0.15) is 13.8 Å². The molecule has 0 aliphatic carbocycles. The lowest BCUT2D eigenvalue weighted by atomic mass is 10.2. The van der Waals surface area contributed by atoms with Gasteiger partial charge in [-0.15, -0.1) is 10.2 Å². The van der Waals surface area contributed by atoms with Gasteiger partial charge in [0.2, 0.25) is 5.91 Å². The molecule has 6 nitrogen and oxygen atoms in total. The highest BCUT2D eigenvalue weighted by Crippen LogP contribution is 2.27. The highest BCUT2D eigenvalue weighted by atomic mass is 79.9. The van der Waals surface area contributed by atoms with Crippen LogP contribution in [0.15, 0.2) is 58.4 Å². The van der Waals surface area contributed by atoms with E-state index >= 15 is 0 Å². The standard InChI is InChI=1S/C18H18BrN5OS/c1-3-24-16(13-8-10-20-11-9-13)22-23-18(24)26-12(2)17(25)21-15-6-4-14(19)5-7-15/h4-12H,3H2,1-2H3,(H,21,25). The molecule has 1 aromatic carbocycles. The summed E-state index contributed by atoms with van der Waals surface area (Å²) in [5, 5.41) is 11.9. The Kier molecular flexibility index (Phi) is 6.05. The Labute approximate surface area is 164 Å². The van der Waals surface area contributed by atoms with Crippen LogP contribution in [-0.2, 0) is 11.3 Å². The van der Waals surface area contributed by atoms with Crippen molar-refractivity contribution >= 4 is 39.3 Å². The first-order chi connectivity index (χ1) is 12.6. The molecule has 26 heavy (non-hydrogen) atoms. The first-order valence-electron chi connectivity index (χ1n) is 8.15. The molecule has 0 aliphatic rings. The van der Waals surface area contributed by atoms with Crippen LogP contribution in [-0.4, -0.2) is 30.9 Å². The van der Waals surface area contributed by atoms with Crippen LogP contribution in [0.3, 0.4) is 0 Å². The average molecular weight is 432 g/mol. The van der Waals surface area contributed by atoms with Gasteiger partial charge in [-0.05, 0) is 50.2 Å². The summed E-state index contributed by atoms with van der Waals surface area (Å²) in [6.45, 7) is 4.61. The van der Waals surface area contributed by atoms with Crippen LogP contribution in [0.25, 0.3) is 11.4 Å². The Hall–Kier alpha value is -2.19. The lowest BCUT2D eigenvalue weighted by molar-refractivity contribution is -0.115. The van der Waals surface area contributed by atoms with Gasteiger partial charge in [-0.25, -0.2) is 0 Å². The molecule has 0 radical (unpaired) electrons. The molecule has 0 fully saturated rings. The molecular weight excluding hydrogens is 414 g/mol. The van der Waals surface area contributed by atoms with Gasteiger partial charge in [-0.3, -0.25) is 9.78 Å². The van der Waals surface area contributed by atoms with Crippen molar-refractivity contribution in [3.05, 3.63) is 53.3 Å². The second kappa shape index (κ2) is 8.46. The first-order valence-corrected chi connectivity index (χ1v) is 9.82. The zero-order chi connectivity index (χ0) is 18.5. The van der Waals surface area contributed by atoms with Gasteiger partial charge in [0.1, 0.15) is 0 Å². The molecule has 2 heterocycles. The first kappa shape index (κ1) is 18.6. The molecule has 8 heteroatoms. The number of pyridine rings is 1. The van der Waals surface area contributed by atoms with Gasteiger partial charge in [0.05, 0.1) is 5.25 Å². The maximum absolute atomic E-state index is 12.5. The van der Waals surface area contributed by atoms with Crippen molar-refractivity contribution in [2.45, 2.75) is 30.8 Å². The van der Waals surface area contributed by atoms with Gasteiger partial charge in [-0.2, -0.15) is 0 Å². The summed E-state index contributed by atoms with van der Waals surface area (Å²) in [5.41, 5.74) is 1.72. The van der Waals surface area contributed by atoms with Crippen LogP contribution in [0.4, 0.5) is 5.69 Å². The fraction of sp³-hybridized carbons (Fsp3) is 0.222. The molecule has 0 saturated heterocycles. The van der Waals surface area contributed by atoms with Gasteiger partial charge in [0.25, 0.3) is 0 Å². The minimum Gasteiger partial charge on any atom is -0.325 e. The molecule has 0 aliphatic heterocycles. The van der Waals surface area contributed by atoms with E-state index in [0.717, 1.165) is 26.7 Å². The Morgan fingerprint density at radius 3 is 2.54 bits per heavy atom. The van der Waals surface area contributed by atoms with Crippen LogP contribution in [0.2, 0.25) is 0 Å². The quantitative estimate of drug-likeness (QED) is 0.590. The Morgan fingerprint density at radius 2 is 1.88 bits per heavy atom. The molecule has 0 bridgehead atoms. The van der Waals surface area contributed by atoms with Crippen molar-refractivity contribution in [1.29, 1.82) is 0 Å². The van der Waals surface area contributed by atoms with Gasteiger partial charge in [-0.1, -0.05) is 27.7 Å². The molecule has 1 atom stereocenters. The van der Waals surface area contributed by atoms with Crippen LogP contribution in [0, 0.1) is 0 Å². The normalized spacial score (nSPS) is 12.0. The second-order valence-corrected chi connectivity index (χ2v) is 7.77. The van der Waals surface area contributed by atoms with Gasteiger partial charge < -0.3 is 9.88 Å². The smallest absolute Gasteiger partial charge is 0.237 e. The van der Waals surface area contributed by atoms with E-state index in [4.69, 9.17) is 0 Å². The number of carbonyl (C=O) groups is 1. The molecule has 3 rings (SSSR count). The molecule has 3 aromatic rings. The predicted octanol–water partition coefficient (Wildman–Crippen LogP) is 4.24. The van der Waals surface area contributed by atoms with Gasteiger partial charge in [0, 0.05) is 34.7 Å². The van der Waals surface area contributed by atoms with E-state index in [1.165, 1.54) is 11.8 Å². The number of rotatable bonds is 6. The maximum Gasteiger partial charge on any atom is 0.237 e. The van der Waals surface area contributed by atoms with E-state index in [1.54, 1.807) is 12.4 Å². The summed E-state index contributed by atoms with van der Waals surface area (Å²) >= 11 is 4.78. The number of aromatic nitrogens is 4. The molecule has 1 amide bonds. The number of benzene rings is 1. The van der Waals surface area contributed by atoms with E-state index in [2.05, 4.69) is 36.4 Å². The highest BCUT2D eigenvalue weighted by Gasteiger charge is 2.20. The van der Waals surface area contributed by atoms with Crippen molar-refractivity contribution in [1.82, 2.24) is 19.7 Å². The third kappa shape index (κ3) is 4.31. The zero-order valence-corrected chi connectivity index (χ0v) is 16.8. The molecular formula is C18H18BrN5OS. The number of amides is 1. The van der Waals surface area contributed by atoms with E-state index < -0.39 is 0 Å². The van der Waals surface area contributed by atoms with Crippen molar-refractivity contribution in [2.24, 2.45) is 0 Å². The van der Waals surface area contributed by atoms with E-state index in [9.17, 15) is 4.79 Å². The van der Waals surface area contributed by atoms with E-state index in [0.29, 0.717) is 6.54 Å². The van der Waals surface area contributed by atoms with Crippen molar-refractivity contribution in [3.8, 4) is 11.4 Å². The van der Waals surface area contributed by atoms with Gasteiger partial charge >= 0.3 is 0 Å². The number of carbonyl (C=O) groups excluding carboxylic acids is 1. The summed E-state index contributed by atoms with van der Waals surface area (Å²) in [7, 11) is 0. The zero-order valence-electron chi connectivity index (χ0n) is 14.4.